The Labute approximate surface area is 156 Å². The van der Waals surface area contributed by atoms with E-state index in [9.17, 15) is 4.79 Å². The van der Waals surface area contributed by atoms with E-state index in [1.165, 1.54) is 11.1 Å². The third kappa shape index (κ3) is 5.16. The molecular weight excluding hydrogens is 324 g/mol. The number of ether oxygens (including phenoxy) is 1. The van der Waals surface area contributed by atoms with Gasteiger partial charge in [0.2, 0.25) is 5.91 Å². The fourth-order valence-corrected chi connectivity index (χ4v) is 3.52. The smallest absolute Gasteiger partial charge is 0.224 e. The Morgan fingerprint density at radius 2 is 1.96 bits per heavy atom. The normalized spacial score (nSPS) is 17.8. The number of piperidine rings is 1. The van der Waals surface area contributed by atoms with Crippen molar-refractivity contribution in [3.05, 3.63) is 60.2 Å². The highest BCUT2D eigenvalue weighted by molar-refractivity contribution is 5.79. The molecule has 1 amide bonds. The summed E-state index contributed by atoms with van der Waals surface area (Å²) in [5.74, 6) is 0.246. The number of hydrogen-bond donors (Lipinski definition) is 1. The molecule has 3 rings (SSSR count). The fraction of sp³-hybridized carbons (Fsp3) is 0.409. The molecule has 0 spiro atoms. The largest absolute Gasteiger partial charge is 0.383 e. The van der Waals surface area contributed by atoms with Crippen molar-refractivity contribution in [3.63, 3.8) is 0 Å². The van der Waals surface area contributed by atoms with E-state index in [4.69, 9.17) is 4.74 Å². The molecule has 26 heavy (non-hydrogen) atoms. The van der Waals surface area contributed by atoms with Crippen LogP contribution in [0.5, 0.6) is 0 Å². The molecule has 0 saturated carbocycles. The number of benzene rings is 2. The first-order valence-electron chi connectivity index (χ1n) is 9.39. The molecule has 1 saturated heterocycles. The number of carbonyl (C=O) groups excluding carboxylic acids is 1. The summed E-state index contributed by atoms with van der Waals surface area (Å²) in [5.41, 5.74) is 3.51. The lowest BCUT2D eigenvalue weighted by molar-refractivity contribution is -0.126. The Kier molecular flexibility index (Phi) is 6.81. The highest BCUT2D eigenvalue weighted by Gasteiger charge is 2.25. The first kappa shape index (κ1) is 18.6. The zero-order chi connectivity index (χ0) is 18.2. The molecule has 1 N–H and O–H groups in total. The van der Waals surface area contributed by atoms with E-state index in [-0.39, 0.29) is 11.8 Å². The monoisotopic (exact) mass is 352 g/mol. The lowest BCUT2D eigenvalue weighted by Crippen LogP contribution is -2.43. The Morgan fingerprint density at radius 3 is 2.77 bits per heavy atom. The SMILES string of the molecule is COCCN1CCCC(C(=O)NCc2cccc(-c3ccccc3)c2)C1. The Bertz CT molecular complexity index is 702. The molecule has 4 heteroatoms. The van der Waals surface area contributed by atoms with Gasteiger partial charge in [-0.25, -0.2) is 0 Å². The van der Waals surface area contributed by atoms with E-state index in [1.807, 2.05) is 18.2 Å². The van der Waals surface area contributed by atoms with Crippen molar-refractivity contribution < 1.29 is 9.53 Å². The van der Waals surface area contributed by atoms with Crippen LogP contribution >= 0.6 is 0 Å². The molecule has 0 aliphatic carbocycles. The molecule has 1 unspecified atom stereocenters. The molecular formula is C22H28N2O2. The van der Waals surface area contributed by atoms with Gasteiger partial charge in [0, 0.05) is 26.7 Å². The van der Waals surface area contributed by atoms with E-state index in [1.54, 1.807) is 7.11 Å². The quantitative estimate of drug-likeness (QED) is 0.831. The molecule has 0 aromatic heterocycles. The predicted octanol–water partition coefficient (Wildman–Crippen LogP) is 3.33. The van der Waals surface area contributed by atoms with Crippen LogP contribution in [0.1, 0.15) is 18.4 Å². The van der Waals surface area contributed by atoms with Crippen molar-refractivity contribution in [1.29, 1.82) is 0 Å². The van der Waals surface area contributed by atoms with Crippen molar-refractivity contribution in [3.8, 4) is 11.1 Å². The summed E-state index contributed by atoms with van der Waals surface area (Å²) in [6, 6.07) is 18.7. The van der Waals surface area contributed by atoms with Gasteiger partial charge in [0.15, 0.2) is 0 Å². The van der Waals surface area contributed by atoms with Gasteiger partial charge >= 0.3 is 0 Å². The molecule has 1 fully saturated rings. The summed E-state index contributed by atoms with van der Waals surface area (Å²) in [7, 11) is 1.72. The van der Waals surface area contributed by atoms with Gasteiger partial charge in [-0.3, -0.25) is 4.79 Å². The maximum atomic E-state index is 12.6. The maximum absolute atomic E-state index is 12.6. The molecule has 2 aromatic carbocycles. The number of hydrogen-bond acceptors (Lipinski definition) is 3. The Balaban J connectivity index is 1.54. The van der Waals surface area contributed by atoms with Crippen molar-refractivity contribution in [2.24, 2.45) is 5.92 Å². The van der Waals surface area contributed by atoms with Crippen LogP contribution in [0.3, 0.4) is 0 Å². The van der Waals surface area contributed by atoms with Crippen LogP contribution in [0, 0.1) is 5.92 Å². The van der Waals surface area contributed by atoms with E-state index < -0.39 is 0 Å². The van der Waals surface area contributed by atoms with Gasteiger partial charge < -0.3 is 15.0 Å². The highest BCUT2D eigenvalue weighted by Crippen LogP contribution is 2.20. The van der Waals surface area contributed by atoms with Crippen LogP contribution in [0.2, 0.25) is 0 Å². The zero-order valence-corrected chi connectivity index (χ0v) is 15.5. The van der Waals surface area contributed by atoms with Crippen LogP contribution in [0.4, 0.5) is 0 Å². The number of rotatable bonds is 7. The number of nitrogens with one attached hydrogen (secondary N) is 1. The van der Waals surface area contributed by atoms with Crippen LogP contribution < -0.4 is 5.32 Å². The second-order valence-electron chi connectivity index (χ2n) is 6.92. The van der Waals surface area contributed by atoms with E-state index >= 15 is 0 Å². The Hall–Kier alpha value is -2.17. The van der Waals surface area contributed by atoms with Gasteiger partial charge in [0.1, 0.15) is 0 Å². The van der Waals surface area contributed by atoms with Crippen LogP contribution in [-0.4, -0.2) is 44.2 Å². The predicted molar refractivity (Wildman–Crippen MR) is 105 cm³/mol. The van der Waals surface area contributed by atoms with Crippen LogP contribution in [0.25, 0.3) is 11.1 Å². The molecule has 138 valence electrons. The number of amides is 1. The minimum absolute atomic E-state index is 0.0814. The van der Waals surface area contributed by atoms with Gasteiger partial charge in [-0.05, 0) is 42.1 Å². The topological polar surface area (TPSA) is 41.6 Å². The van der Waals surface area contributed by atoms with Crippen molar-refractivity contribution >= 4 is 5.91 Å². The molecule has 1 atom stereocenters. The lowest BCUT2D eigenvalue weighted by Gasteiger charge is -2.31. The standard InChI is InChI=1S/C22H28N2O2/c1-26-14-13-24-12-6-11-21(17-24)22(25)23-16-18-7-5-10-20(15-18)19-8-3-2-4-9-19/h2-5,7-10,15,21H,6,11-14,16-17H2,1H3,(H,23,25). The second-order valence-corrected chi connectivity index (χ2v) is 6.92. The van der Waals surface area contributed by atoms with Crippen molar-refractivity contribution in [2.45, 2.75) is 19.4 Å². The van der Waals surface area contributed by atoms with Gasteiger partial charge in [0.05, 0.1) is 12.5 Å². The summed E-state index contributed by atoms with van der Waals surface area (Å²) in [6.45, 7) is 4.10. The summed E-state index contributed by atoms with van der Waals surface area (Å²) < 4.78 is 5.15. The van der Waals surface area contributed by atoms with E-state index in [2.05, 4.69) is 46.6 Å². The summed E-state index contributed by atoms with van der Waals surface area (Å²) in [6.07, 6.45) is 2.05. The van der Waals surface area contributed by atoms with Gasteiger partial charge in [-0.1, -0.05) is 48.5 Å². The summed E-state index contributed by atoms with van der Waals surface area (Å²) >= 11 is 0. The fourth-order valence-electron chi connectivity index (χ4n) is 3.52. The van der Waals surface area contributed by atoms with E-state index in [0.29, 0.717) is 6.54 Å². The van der Waals surface area contributed by atoms with Crippen molar-refractivity contribution in [2.75, 3.05) is 33.4 Å². The molecule has 1 aliphatic heterocycles. The molecule has 4 nitrogen and oxygen atoms in total. The molecule has 0 bridgehead atoms. The minimum Gasteiger partial charge on any atom is -0.383 e. The molecule has 1 aliphatic rings. The summed E-state index contributed by atoms with van der Waals surface area (Å²) in [5, 5.41) is 3.13. The molecule has 2 aromatic rings. The first-order chi connectivity index (χ1) is 12.8. The minimum atomic E-state index is 0.0814. The Morgan fingerprint density at radius 1 is 1.15 bits per heavy atom. The second kappa shape index (κ2) is 9.51. The van der Waals surface area contributed by atoms with Gasteiger partial charge in [-0.15, -0.1) is 0 Å². The number of likely N-dealkylation sites (tertiary alicyclic amines) is 1. The third-order valence-electron chi connectivity index (χ3n) is 4.99. The lowest BCUT2D eigenvalue weighted by atomic mass is 9.97. The van der Waals surface area contributed by atoms with Gasteiger partial charge in [-0.2, -0.15) is 0 Å². The first-order valence-corrected chi connectivity index (χ1v) is 9.39. The summed E-state index contributed by atoms with van der Waals surface area (Å²) in [4.78, 5) is 14.9. The number of nitrogens with zero attached hydrogens (tertiary/aromatic N) is 1. The van der Waals surface area contributed by atoms with Crippen LogP contribution in [0.15, 0.2) is 54.6 Å². The van der Waals surface area contributed by atoms with Crippen LogP contribution in [-0.2, 0) is 16.1 Å². The maximum Gasteiger partial charge on any atom is 0.224 e. The molecule has 1 heterocycles. The highest BCUT2D eigenvalue weighted by atomic mass is 16.5. The van der Waals surface area contributed by atoms with E-state index in [0.717, 1.165) is 44.6 Å². The number of methoxy groups -OCH3 is 1. The average Bonchev–Trinajstić information content (AvgIpc) is 2.71. The molecule has 0 radical (unpaired) electrons. The number of carbonyl (C=O) groups is 1. The van der Waals surface area contributed by atoms with Gasteiger partial charge in [0.25, 0.3) is 0 Å². The third-order valence-corrected chi connectivity index (χ3v) is 4.99. The van der Waals surface area contributed by atoms with Crippen molar-refractivity contribution in [1.82, 2.24) is 10.2 Å². The zero-order valence-electron chi connectivity index (χ0n) is 15.5. The average molecular weight is 352 g/mol.